The third kappa shape index (κ3) is 2.83. The Morgan fingerprint density at radius 1 is 1.07 bits per heavy atom. The Hall–Kier alpha value is -3.23. The molecule has 0 spiro atoms. The summed E-state index contributed by atoms with van der Waals surface area (Å²) in [7, 11) is 1.63. The van der Waals surface area contributed by atoms with Crippen LogP contribution in [0, 0.1) is 0 Å². The van der Waals surface area contributed by atoms with Gasteiger partial charge < -0.3 is 9.26 Å². The molecule has 138 valence electrons. The molecule has 0 aliphatic rings. The summed E-state index contributed by atoms with van der Waals surface area (Å²) in [6, 6.07) is 16.9. The van der Waals surface area contributed by atoms with Crippen molar-refractivity contribution < 1.29 is 9.26 Å². The Labute approximate surface area is 168 Å². The van der Waals surface area contributed by atoms with Gasteiger partial charge in [0.05, 0.1) is 12.1 Å². The van der Waals surface area contributed by atoms with E-state index in [9.17, 15) is 0 Å². The Balaban J connectivity index is 1.52. The molecule has 0 saturated carbocycles. The van der Waals surface area contributed by atoms with Crippen LogP contribution in [0.15, 0.2) is 59.1 Å². The largest absolute Gasteiger partial charge is 0.497 e. The van der Waals surface area contributed by atoms with E-state index in [-0.39, 0.29) is 0 Å². The SMILES string of the molecule is COc1ccc(-c2cc(-c3nn4c(-c5ccccc5Cl)nnc4s3)no2)cc1. The molecule has 7 nitrogen and oxygen atoms in total. The number of aromatic nitrogens is 5. The van der Waals surface area contributed by atoms with Crippen LogP contribution >= 0.6 is 22.9 Å². The van der Waals surface area contributed by atoms with Crippen LogP contribution in [-0.4, -0.2) is 32.1 Å². The lowest BCUT2D eigenvalue weighted by Crippen LogP contribution is -1.91. The van der Waals surface area contributed by atoms with Crippen LogP contribution in [0.25, 0.3) is 38.4 Å². The maximum absolute atomic E-state index is 6.29. The molecule has 0 amide bonds. The minimum atomic E-state index is 0.585. The first-order valence-corrected chi connectivity index (χ1v) is 9.51. The van der Waals surface area contributed by atoms with Gasteiger partial charge >= 0.3 is 0 Å². The second-order valence-corrected chi connectivity index (χ2v) is 7.27. The smallest absolute Gasteiger partial charge is 0.235 e. The number of hydrogen-bond donors (Lipinski definition) is 0. The molecule has 0 aliphatic heterocycles. The molecule has 28 heavy (non-hydrogen) atoms. The van der Waals surface area contributed by atoms with Gasteiger partial charge in [0.1, 0.15) is 11.4 Å². The van der Waals surface area contributed by atoms with E-state index in [2.05, 4.69) is 20.5 Å². The molecular weight excluding hydrogens is 398 g/mol. The third-order valence-electron chi connectivity index (χ3n) is 4.21. The molecule has 0 aliphatic carbocycles. The first-order valence-electron chi connectivity index (χ1n) is 8.31. The molecule has 0 fully saturated rings. The van der Waals surface area contributed by atoms with Crippen LogP contribution in [-0.2, 0) is 0 Å². The first-order chi connectivity index (χ1) is 13.7. The summed E-state index contributed by atoms with van der Waals surface area (Å²) in [5, 5.41) is 18.4. The van der Waals surface area contributed by atoms with Crippen molar-refractivity contribution in [3.63, 3.8) is 0 Å². The molecule has 0 saturated heterocycles. The Morgan fingerprint density at radius 2 is 1.89 bits per heavy atom. The average Bonchev–Trinajstić information content (AvgIpc) is 3.44. The maximum Gasteiger partial charge on any atom is 0.235 e. The lowest BCUT2D eigenvalue weighted by molar-refractivity contribution is 0.414. The third-order valence-corrected chi connectivity index (χ3v) is 5.46. The van der Waals surface area contributed by atoms with E-state index in [4.69, 9.17) is 20.9 Å². The van der Waals surface area contributed by atoms with Gasteiger partial charge in [-0.25, -0.2) is 0 Å². The Bertz CT molecular complexity index is 1280. The number of benzene rings is 2. The second-order valence-electron chi connectivity index (χ2n) is 5.91. The van der Waals surface area contributed by atoms with Gasteiger partial charge in [0.15, 0.2) is 16.6 Å². The predicted octanol–water partition coefficient (Wildman–Crippen LogP) is 4.84. The van der Waals surface area contributed by atoms with Gasteiger partial charge in [-0.05, 0) is 36.4 Å². The highest BCUT2D eigenvalue weighted by atomic mass is 35.5. The van der Waals surface area contributed by atoms with E-state index in [0.29, 0.717) is 32.3 Å². The summed E-state index contributed by atoms with van der Waals surface area (Å²) in [5.41, 5.74) is 2.30. The van der Waals surface area contributed by atoms with Crippen LogP contribution < -0.4 is 4.74 Å². The van der Waals surface area contributed by atoms with Crippen molar-refractivity contribution in [3.05, 3.63) is 59.6 Å². The van der Waals surface area contributed by atoms with Crippen molar-refractivity contribution in [2.75, 3.05) is 7.11 Å². The molecule has 5 rings (SSSR count). The zero-order valence-corrected chi connectivity index (χ0v) is 16.1. The standard InChI is InChI=1S/C19H12ClN5O2S/c1-26-12-8-6-11(7-9-12)16-10-15(24-27-16)18-23-25-17(21-22-19(25)28-18)13-4-2-3-5-14(13)20/h2-10H,1H3. The molecule has 5 aromatic rings. The second kappa shape index (κ2) is 6.74. The average molecular weight is 410 g/mol. The normalized spacial score (nSPS) is 11.2. The summed E-state index contributed by atoms with van der Waals surface area (Å²) in [6.45, 7) is 0. The van der Waals surface area contributed by atoms with Crippen molar-refractivity contribution in [1.82, 2.24) is 25.0 Å². The quantitative estimate of drug-likeness (QED) is 0.422. The molecule has 0 atom stereocenters. The van der Waals surface area contributed by atoms with Gasteiger partial charge in [-0.3, -0.25) is 0 Å². The van der Waals surface area contributed by atoms with Gasteiger partial charge in [-0.1, -0.05) is 40.2 Å². The van der Waals surface area contributed by atoms with Crippen LogP contribution in [0.2, 0.25) is 5.02 Å². The maximum atomic E-state index is 6.29. The van der Waals surface area contributed by atoms with E-state index in [1.54, 1.807) is 11.6 Å². The Kier molecular flexibility index (Phi) is 4.07. The molecule has 3 aromatic heterocycles. The van der Waals surface area contributed by atoms with E-state index in [1.807, 2.05) is 54.6 Å². The van der Waals surface area contributed by atoms with Crippen molar-refractivity contribution in [2.24, 2.45) is 0 Å². The minimum absolute atomic E-state index is 0.585. The fourth-order valence-corrected chi connectivity index (χ4v) is 3.81. The number of nitrogens with zero attached hydrogens (tertiary/aromatic N) is 5. The van der Waals surface area contributed by atoms with E-state index < -0.39 is 0 Å². The van der Waals surface area contributed by atoms with Gasteiger partial charge in [-0.15, -0.1) is 10.2 Å². The molecular formula is C19H12ClN5O2S. The minimum Gasteiger partial charge on any atom is -0.497 e. The fraction of sp³-hybridized carbons (Fsp3) is 0.0526. The Morgan fingerprint density at radius 3 is 2.68 bits per heavy atom. The molecule has 3 heterocycles. The van der Waals surface area contributed by atoms with E-state index >= 15 is 0 Å². The summed E-state index contributed by atoms with van der Waals surface area (Å²) < 4.78 is 12.3. The van der Waals surface area contributed by atoms with Gasteiger partial charge in [0, 0.05) is 17.2 Å². The predicted molar refractivity (Wildman–Crippen MR) is 107 cm³/mol. The lowest BCUT2D eigenvalue weighted by Gasteiger charge is -1.99. The van der Waals surface area contributed by atoms with Crippen molar-refractivity contribution in [3.8, 4) is 39.2 Å². The molecule has 0 unspecified atom stereocenters. The summed E-state index contributed by atoms with van der Waals surface area (Å²) in [4.78, 5) is 0.652. The van der Waals surface area contributed by atoms with Crippen LogP contribution in [0.1, 0.15) is 0 Å². The number of fused-ring (bicyclic) bond motifs is 1. The summed E-state index contributed by atoms with van der Waals surface area (Å²) >= 11 is 7.67. The van der Waals surface area contributed by atoms with Gasteiger partial charge in [-0.2, -0.15) is 9.61 Å². The van der Waals surface area contributed by atoms with Crippen LogP contribution in [0.5, 0.6) is 5.75 Å². The number of hydrogen-bond acceptors (Lipinski definition) is 7. The van der Waals surface area contributed by atoms with Crippen LogP contribution in [0.4, 0.5) is 0 Å². The molecule has 0 radical (unpaired) electrons. The van der Waals surface area contributed by atoms with Gasteiger partial charge in [0.2, 0.25) is 4.96 Å². The molecule has 0 bridgehead atoms. The zero-order chi connectivity index (χ0) is 19.1. The monoisotopic (exact) mass is 409 g/mol. The van der Waals surface area contributed by atoms with Crippen molar-refractivity contribution >= 4 is 27.9 Å². The number of rotatable bonds is 4. The van der Waals surface area contributed by atoms with Crippen LogP contribution in [0.3, 0.4) is 0 Å². The highest BCUT2D eigenvalue weighted by molar-refractivity contribution is 7.19. The fourth-order valence-electron chi connectivity index (χ4n) is 2.80. The molecule has 0 N–H and O–H groups in total. The van der Waals surface area contributed by atoms with Crippen molar-refractivity contribution in [2.45, 2.75) is 0 Å². The van der Waals surface area contributed by atoms with Gasteiger partial charge in [0.25, 0.3) is 0 Å². The zero-order valence-electron chi connectivity index (χ0n) is 14.5. The lowest BCUT2D eigenvalue weighted by atomic mass is 10.1. The summed E-state index contributed by atoms with van der Waals surface area (Å²) in [6.07, 6.45) is 0. The summed E-state index contributed by atoms with van der Waals surface area (Å²) in [5.74, 6) is 2.01. The topological polar surface area (TPSA) is 78.3 Å². The molecule has 9 heteroatoms. The first kappa shape index (κ1) is 16.9. The number of methoxy groups -OCH3 is 1. The van der Waals surface area contributed by atoms with E-state index in [1.165, 1.54) is 11.3 Å². The number of ether oxygens (including phenoxy) is 1. The highest BCUT2D eigenvalue weighted by Gasteiger charge is 2.18. The van der Waals surface area contributed by atoms with Crippen molar-refractivity contribution in [1.29, 1.82) is 0 Å². The number of halogens is 1. The highest BCUT2D eigenvalue weighted by Crippen LogP contribution is 2.32. The van der Waals surface area contributed by atoms with E-state index in [0.717, 1.165) is 16.9 Å². The molecule has 2 aromatic carbocycles.